The number of aliphatic hydroxyl groups is 1. The summed E-state index contributed by atoms with van der Waals surface area (Å²) >= 11 is 0. The van der Waals surface area contributed by atoms with Crippen LogP contribution in [0.1, 0.15) is 36.9 Å². The van der Waals surface area contributed by atoms with Crippen LogP contribution in [0.15, 0.2) is 24.3 Å². The molecule has 0 spiro atoms. The maximum Gasteiger partial charge on any atom is 0.416 e. The molecule has 0 aliphatic heterocycles. The Hall–Kier alpha value is -1.11. The number of nitrogens with one attached hydrogen (secondary N) is 1. The number of benzene rings is 1. The van der Waals surface area contributed by atoms with Crippen LogP contribution in [0, 0.1) is 0 Å². The lowest BCUT2D eigenvalue weighted by Gasteiger charge is -2.24. The summed E-state index contributed by atoms with van der Waals surface area (Å²) in [6.45, 7) is 2.18. The SMILES string of the molecule is CCC(CCO)NC(CN)c1cccc(C(F)(F)F)c1. The van der Waals surface area contributed by atoms with Gasteiger partial charge in [0.05, 0.1) is 5.56 Å². The highest BCUT2D eigenvalue weighted by molar-refractivity contribution is 5.28. The summed E-state index contributed by atoms with van der Waals surface area (Å²) in [5.41, 5.74) is 5.49. The van der Waals surface area contributed by atoms with Gasteiger partial charge in [-0.05, 0) is 30.5 Å². The van der Waals surface area contributed by atoms with E-state index in [1.54, 1.807) is 6.07 Å². The Labute approximate surface area is 117 Å². The van der Waals surface area contributed by atoms with E-state index in [1.165, 1.54) is 6.07 Å². The van der Waals surface area contributed by atoms with Gasteiger partial charge in [-0.3, -0.25) is 0 Å². The quantitative estimate of drug-likeness (QED) is 0.723. The molecule has 20 heavy (non-hydrogen) atoms. The third kappa shape index (κ3) is 4.77. The predicted molar refractivity (Wildman–Crippen MR) is 72.2 cm³/mol. The van der Waals surface area contributed by atoms with Crippen molar-refractivity contribution in [3.63, 3.8) is 0 Å². The van der Waals surface area contributed by atoms with Gasteiger partial charge < -0.3 is 16.2 Å². The Morgan fingerprint density at radius 3 is 2.55 bits per heavy atom. The van der Waals surface area contributed by atoms with Crippen molar-refractivity contribution >= 4 is 0 Å². The fraction of sp³-hybridized carbons (Fsp3) is 0.571. The van der Waals surface area contributed by atoms with Gasteiger partial charge in [0, 0.05) is 25.2 Å². The normalized spacial score (nSPS) is 15.1. The van der Waals surface area contributed by atoms with Gasteiger partial charge in [-0.15, -0.1) is 0 Å². The molecule has 2 atom stereocenters. The van der Waals surface area contributed by atoms with E-state index in [4.69, 9.17) is 10.8 Å². The molecule has 0 aromatic heterocycles. The Morgan fingerprint density at radius 1 is 1.35 bits per heavy atom. The van der Waals surface area contributed by atoms with Gasteiger partial charge in [-0.2, -0.15) is 13.2 Å². The molecule has 114 valence electrons. The Balaban J connectivity index is 2.89. The van der Waals surface area contributed by atoms with Crippen LogP contribution in [0.5, 0.6) is 0 Å². The molecular formula is C14H21F3N2O. The smallest absolute Gasteiger partial charge is 0.396 e. The van der Waals surface area contributed by atoms with Crippen LogP contribution in [0.3, 0.4) is 0 Å². The van der Waals surface area contributed by atoms with E-state index in [9.17, 15) is 13.2 Å². The zero-order valence-corrected chi connectivity index (χ0v) is 11.5. The van der Waals surface area contributed by atoms with Crippen LogP contribution in [-0.2, 0) is 6.18 Å². The number of rotatable bonds is 7. The van der Waals surface area contributed by atoms with Gasteiger partial charge in [0.25, 0.3) is 0 Å². The lowest BCUT2D eigenvalue weighted by molar-refractivity contribution is -0.137. The molecule has 0 bridgehead atoms. The Kier molecular flexibility index (Phi) is 6.45. The average molecular weight is 290 g/mol. The van der Waals surface area contributed by atoms with Crippen LogP contribution in [0.25, 0.3) is 0 Å². The second-order valence-corrected chi connectivity index (χ2v) is 4.70. The Morgan fingerprint density at radius 2 is 2.05 bits per heavy atom. The van der Waals surface area contributed by atoms with Gasteiger partial charge in [0.15, 0.2) is 0 Å². The van der Waals surface area contributed by atoms with E-state index in [2.05, 4.69) is 5.32 Å². The number of hydrogen-bond donors (Lipinski definition) is 3. The summed E-state index contributed by atoms with van der Waals surface area (Å²) in [5, 5.41) is 12.2. The highest BCUT2D eigenvalue weighted by Gasteiger charge is 2.31. The Bertz CT molecular complexity index is 410. The van der Waals surface area contributed by atoms with E-state index < -0.39 is 11.7 Å². The fourth-order valence-corrected chi connectivity index (χ4v) is 2.08. The van der Waals surface area contributed by atoms with Crippen LogP contribution >= 0.6 is 0 Å². The van der Waals surface area contributed by atoms with Gasteiger partial charge >= 0.3 is 6.18 Å². The lowest BCUT2D eigenvalue weighted by Crippen LogP contribution is -2.37. The third-order valence-electron chi connectivity index (χ3n) is 3.26. The molecule has 0 fully saturated rings. The average Bonchev–Trinajstić information content (AvgIpc) is 2.42. The summed E-state index contributed by atoms with van der Waals surface area (Å²) in [5.74, 6) is 0. The molecule has 0 heterocycles. The molecule has 0 saturated carbocycles. The zero-order valence-electron chi connectivity index (χ0n) is 11.5. The van der Waals surface area contributed by atoms with Crippen molar-refractivity contribution in [3.05, 3.63) is 35.4 Å². The number of hydrogen-bond acceptors (Lipinski definition) is 3. The number of alkyl halides is 3. The zero-order chi connectivity index (χ0) is 15.2. The van der Waals surface area contributed by atoms with Crippen molar-refractivity contribution in [2.75, 3.05) is 13.2 Å². The van der Waals surface area contributed by atoms with E-state index in [-0.39, 0.29) is 25.2 Å². The predicted octanol–water partition coefficient (Wildman–Crippen LogP) is 2.46. The molecule has 2 unspecified atom stereocenters. The first-order valence-electron chi connectivity index (χ1n) is 6.66. The molecule has 0 radical (unpaired) electrons. The van der Waals surface area contributed by atoms with E-state index >= 15 is 0 Å². The van der Waals surface area contributed by atoms with E-state index in [1.807, 2.05) is 6.92 Å². The molecule has 1 aromatic carbocycles. The van der Waals surface area contributed by atoms with E-state index in [0.29, 0.717) is 12.0 Å². The molecule has 3 nitrogen and oxygen atoms in total. The first-order chi connectivity index (χ1) is 9.42. The van der Waals surface area contributed by atoms with Crippen molar-refractivity contribution in [2.24, 2.45) is 5.73 Å². The molecule has 0 aliphatic carbocycles. The minimum atomic E-state index is -4.36. The molecular weight excluding hydrogens is 269 g/mol. The number of nitrogens with two attached hydrogens (primary N) is 1. The van der Waals surface area contributed by atoms with Crippen molar-refractivity contribution < 1.29 is 18.3 Å². The van der Waals surface area contributed by atoms with Gasteiger partial charge in [-0.25, -0.2) is 0 Å². The van der Waals surface area contributed by atoms with Gasteiger partial charge in [-0.1, -0.05) is 19.1 Å². The lowest BCUT2D eigenvalue weighted by atomic mass is 10.0. The van der Waals surface area contributed by atoms with Gasteiger partial charge in [0.1, 0.15) is 0 Å². The highest BCUT2D eigenvalue weighted by atomic mass is 19.4. The van der Waals surface area contributed by atoms with Crippen LogP contribution in [0.4, 0.5) is 13.2 Å². The minimum Gasteiger partial charge on any atom is -0.396 e. The maximum atomic E-state index is 12.7. The first kappa shape index (κ1) is 16.9. The molecule has 0 aliphatic rings. The molecule has 0 saturated heterocycles. The standard InChI is InChI=1S/C14H21F3N2O/c1-2-12(6-7-20)19-13(9-18)10-4-3-5-11(8-10)14(15,16)17/h3-5,8,12-13,19-20H,2,6-7,9,18H2,1H3. The molecule has 1 rings (SSSR count). The summed E-state index contributed by atoms with van der Waals surface area (Å²) < 4.78 is 38.1. The van der Waals surface area contributed by atoms with E-state index in [0.717, 1.165) is 18.6 Å². The monoisotopic (exact) mass is 290 g/mol. The van der Waals surface area contributed by atoms with Crippen LogP contribution < -0.4 is 11.1 Å². The first-order valence-corrected chi connectivity index (χ1v) is 6.66. The van der Waals surface area contributed by atoms with Crippen molar-refractivity contribution in [2.45, 2.75) is 38.0 Å². The molecule has 4 N–H and O–H groups in total. The minimum absolute atomic E-state index is 0.0306. The summed E-state index contributed by atoms with van der Waals surface area (Å²) in [6.07, 6.45) is -3.04. The van der Waals surface area contributed by atoms with Crippen molar-refractivity contribution in [3.8, 4) is 0 Å². The topological polar surface area (TPSA) is 58.3 Å². The molecule has 1 aromatic rings. The van der Waals surface area contributed by atoms with Crippen LogP contribution in [-0.4, -0.2) is 24.3 Å². The fourth-order valence-electron chi connectivity index (χ4n) is 2.08. The third-order valence-corrected chi connectivity index (χ3v) is 3.26. The number of halogens is 3. The van der Waals surface area contributed by atoms with Crippen LogP contribution in [0.2, 0.25) is 0 Å². The van der Waals surface area contributed by atoms with Crippen molar-refractivity contribution in [1.29, 1.82) is 0 Å². The second-order valence-electron chi connectivity index (χ2n) is 4.70. The largest absolute Gasteiger partial charge is 0.416 e. The summed E-state index contributed by atoms with van der Waals surface area (Å²) in [6, 6.07) is 4.86. The highest BCUT2D eigenvalue weighted by Crippen LogP contribution is 2.30. The molecule has 6 heteroatoms. The maximum absolute atomic E-state index is 12.7. The summed E-state index contributed by atoms with van der Waals surface area (Å²) in [4.78, 5) is 0. The molecule has 0 amide bonds. The van der Waals surface area contributed by atoms with Gasteiger partial charge in [0.2, 0.25) is 0 Å². The second kappa shape index (κ2) is 7.61. The summed E-state index contributed by atoms with van der Waals surface area (Å²) in [7, 11) is 0. The van der Waals surface area contributed by atoms with Crippen molar-refractivity contribution in [1.82, 2.24) is 5.32 Å². The number of aliphatic hydroxyl groups excluding tert-OH is 1.